The van der Waals surface area contributed by atoms with E-state index in [1.165, 1.54) is 35.2 Å². The van der Waals surface area contributed by atoms with Crippen molar-refractivity contribution in [3.05, 3.63) is 75.6 Å². The van der Waals surface area contributed by atoms with E-state index in [-0.39, 0.29) is 41.7 Å². The second-order valence-electron chi connectivity index (χ2n) is 7.17. The number of carbonyl (C=O) groups excluding carboxylic acids is 2. The predicted octanol–water partition coefficient (Wildman–Crippen LogP) is 3.61. The Morgan fingerprint density at radius 1 is 1.10 bits per heavy atom. The first-order chi connectivity index (χ1) is 14.2. The van der Waals surface area contributed by atoms with E-state index in [0.717, 1.165) is 6.42 Å². The average Bonchev–Trinajstić information content (AvgIpc) is 2.72. The molecule has 2 rings (SSSR count). The van der Waals surface area contributed by atoms with E-state index in [2.05, 4.69) is 5.32 Å². The zero-order valence-electron chi connectivity index (χ0n) is 17.3. The highest BCUT2D eigenvalue weighted by atomic mass is 19.1. The molecular weight excluding hydrogens is 389 g/mol. The van der Waals surface area contributed by atoms with Crippen molar-refractivity contribution in [3.8, 4) is 0 Å². The van der Waals surface area contributed by atoms with E-state index in [0.29, 0.717) is 0 Å². The molecule has 0 saturated heterocycles. The van der Waals surface area contributed by atoms with Gasteiger partial charge in [-0.3, -0.25) is 19.7 Å². The summed E-state index contributed by atoms with van der Waals surface area (Å²) in [5.41, 5.74) is 0.325. The second-order valence-corrected chi connectivity index (χ2v) is 7.17. The van der Waals surface area contributed by atoms with Crippen LogP contribution in [0.4, 0.5) is 10.1 Å². The Hall–Kier alpha value is -3.29. The summed E-state index contributed by atoms with van der Waals surface area (Å²) in [7, 11) is 0. The minimum Gasteiger partial charge on any atom is -0.352 e. The quantitative estimate of drug-likeness (QED) is 0.500. The summed E-state index contributed by atoms with van der Waals surface area (Å²) in [6.07, 6.45) is 0.447. The van der Waals surface area contributed by atoms with E-state index in [1.807, 2.05) is 13.8 Å². The largest absolute Gasteiger partial charge is 0.352 e. The van der Waals surface area contributed by atoms with Crippen LogP contribution in [0.2, 0.25) is 0 Å². The van der Waals surface area contributed by atoms with Gasteiger partial charge in [0.15, 0.2) is 0 Å². The maximum atomic E-state index is 14.2. The monoisotopic (exact) mass is 415 g/mol. The lowest BCUT2D eigenvalue weighted by molar-refractivity contribution is -0.385. The van der Waals surface area contributed by atoms with Crippen molar-refractivity contribution in [1.82, 2.24) is 10.2 Å². The average molecular weight is 415 g/mol. The molecule has 0 saturated carbocycles. The molecule has 160 valence electrons. The van der Waals surface area contributed by atoms with E-state index in [4.69, 9.17) is 0 Å². The van der Waals surface area contributed by atoms with Crippen LogP contribution in [0.15, 0.2) is 48.5 Å². The molecule has 2 aromatic rings. The van der Waals surface area contributed by atoms with Gasteiger partial charge >= 0.3 is 0 Å². The number of nitro benzene ring substituents is 1. The van der Waals surface area contributed by atoms with Crippen molar-refractivity contribution in [1.29, 1.82) is 0 Å². The number of nitrogens with one attached hydrogen (secondary N) is 1. The van der Waals surface area contributed by atoms with E-state index < -0.39 is 22.7 Å². The minimum atomic E-state index is -0.881. The third kappa shape index (κ3) is 5.85. The molecule has 0 aromatic heterocycles. The van der Waals surface area contributed by atoms with Gasteiger partial charge in [0, 0.05) is 29.8 Å². The van der Waals surface area contributed by atoms with Gasteiger partial charge in [-0.15, -0.1) is 0 Å². The molecule has 0 unspecified atom stereocenters. The Bertz CT molecular complexity index is 919. The second kappa shape index (κ2) is 10.5. The van der Waals surface area contributed by atoms with Crippen molar-refractivity contribution < 1.29 is 18.9 Å². The summed E-state index contributed by atoms with van der Waals surface area (Å²) in [4.78, 5) is 37.7. The molecule has 30 heavy (non-hydrogen) atoms. The third-order valence-electron chi connectivity index (χ3n) is 5.00. The Labute approximate surface area is 175 Å². The molecule has 0 spiro atoms. The summed E-state index contributed by atoms with van der Waals surface area (Å²) in [6.45, 7) is 5.21. The number of rotatable bonds is 9. The van der Waals surface area contributed by atoms with Crippen molar-refractivity contribution in [2.24, 2.45) is 0 Å². The Balaban J connectivity index is 2.32. The molecule has 0 aliphatic rings. The highest BCUT2D eigenvalue weighted by molar-refractivity contribution is 5.88. The number of para-hydroxylation sites is 1. The number of benzene rings is 2. The Kier molecular flexibility index (Phi) is 8.03. The van der Waals surface area contributed by atoms with Crippen molar-refractivity contribution >= 4 is 17.5 Å². The van der Waals surface area contributed by atoms with Crippen LogP contribution >= 0.6 is 0 Å². The SMILES string of the molecule is CC[C@H](C)NC(=O)[C@H](C)N(Cc1ccccc1F)C(=O)Cc1ccccc1[N+](=O)[O-]. The fourth-order valence-electron chi connectivity index (χ4n) is 2.96. The highest BCUT2D eigenvalue weighted by Crippen LogP contribution is 2.21. The van der Waals surface area contributed by atoms with Gasteiger partial charge in [0.2, 0.25) is 11.8 Å². The Morgan fingerprint density at radius 2 is 1.70 bits per heavy atom. The molecule has 1 N–H and O–H groups in total. The molecule has 0 aliphatic heterocycles. The van der Waals surface area contributed by atoms with Crippen molar-refractivity contribution in [2.75, 3.05) is 0 Å². The van der Waals surface area contributed by atoms with Gasteiger partial charge in [0.1, 0.15) is 11.9 Å². The zero-order valence-corrected chi connectivity index (χ0v) is 17.3. The molecular formula is C22H26FN3O4. The van der Waals surface area contributed by atoms with Gasteiger partial charge < -0.3 is 10.2 Å². The van der Waals surface area contributed by atoms with Gasteiger partial charge in [-0.05, 0) is 26.3 Å². The summed E-state index contributed by atoms with van der Waals surface area (Å²) in [6, 6.07) is 11.0. The van der Waals surface area contributed by atoms with Gasteiger partial charge in [-0.2, -0.15) is 0 Å². The fourth-order valence-corrected chi connectivity index (χ4v) is 2.96. The van der Waals surface area contributed by atoms with Crippen LogP contribution in [0.25, 0.3) is 0 Å². The summed E-state index contributed by atoms with van der Waals surface area (Å²) < 4.78 is 14.2. The molecule has 0 bridgehead atoms. The first kappa shape index (κ1) is 23.0. The number of nitrogens with zero attached hydrogens (tertiary/aromatic N) is 2. The summed E-state index contributed by atoms with van der Waals surface area (Å²) in [5, 5.41) is 14.1. The lowest BCUT2D eigenvalue weighted by Gasteiger charge is -2.30. The predicted molar refractivity (Wildman–Crippen MR) is 111 cm³/mol. The number of halogens is 1. The molecule has 0 heterocycles. The molecule has 0 fully saturated rings. The molecule has 2 amide bonds. The van der Waals surface area contributed by atoms with Gasteiger partial charge in [-0.1, -0.05) is 43.3 Å². The van der Waals surface area contributed by atoms with Crippen molar-refractivity contribution in [3.63, 3.8) is 0 Å². The smallest absolute Gasteiger partial charge is 0.273 e. The standard InChI is InChI=1S/C22H26FN3O4/c1-4-15(2)24-22(28)16(3)25(14-18-10-5-7-11-19(18)23)21(27)13-17-9-6-8-12-20(17)26(29)30/h5-12,15-16H,4,13-14H2,1-3H3,(H,24,28)/t15-,16-/m0/s1. The topological polar surface area (TPSA) is 92.6 Å². The minimum absolute atomic E-state index is 0.0828. The van der Waals surface area contributed by atoms with Gasteiger partial charge in [0.25, 0.3) is 5.69 Å². The van der Waals surface area contributed by atoms with Crippen LogP contribution < -0.4 is 5.32 Å². The molecule has 2 atom stereocenters. The maximum Gasteiger partial charge on any atom is 0.273 e. The maximum absolute atomic E-state index is 14.2. The van der Waals surface area contributed by atoms with Crippen molar-refractivity contribution in [2.45, 2.75) is 52.2 Å². The van der Waals surface area contributed by atoms with Crippen LogP contribution in [0.5, 0.6) is 0 Å². The highest BCUT2D eigenvalue weighted by Gasteiger charge is 2.29. The van der Waals surface area contributed by atoms with Crippen LogP contribution in [0.1, 0.15) is 38.3 Å². The van der Waals surface area contributed by atoms with Crippen LogP contribution in [0.3, 0.4) is 0 Å². The number of hydrogen-bond acceptors (Lipinski definition) is 4. The molecule has 0 radical (unpaired) electrons. The number of carbonyl (C=O) groups is 2. The van der Waals surface area contributed by atoms with E-state index >= 15 is 0 Å². The molecule has 2 aromatic carbocycles. The summed E-state index contributed by atoms with van der Waals surface area (Å²) >= 11 is 0. The number of nitro groups is 1. The first-order valence-corrected chi connectivity index (χ1v) is 9.80. The van der Waals surface area contributed by atoms with Crippen LogP contribution in [-0.4, -0.2) is 33.7 Å². The van der Waals surface area contributed by atoms with Crippen LogP contribution in [-0.2, 0) is 22.6 Å². The molecule has 0 aliphatic carbocycles. The normalized spacial score (nSPS) is 12.7. The fraction of sp³-hybridized carbons (Fsp3) is 0.364. The molecule has 7 nitrogen and oxygen atoms in total. The van der Waals surface area contributed by atoms with E-state index in [9.17, 15) is 24.1 Å². The summed E-state index contributed by atoms with van der Waals surface area (Å²) in [5.74, 6) is -1.36. The number of amides is 2. The van der Waals surface area contributed by atoms with Gasteiger partial charge in [0.05, 0.1) is 11.3 Å². The molecule has 8 heteroatoms. The Morgan fingerprint density at radius 3 is 2.30 bits per heavy atom. The zero-order chi connectivity index (χ0) is 22.3. The first-order valence-electron chi connectivity index (χ1n) is 9.80. The van der Waals surface area contributed by atoms with Crippen LogP contribution in [0, 0.1) is 15.9 Å². The van der Waals surface area contributed by atoms with Gasteiger partial charge in [-0.25, -0.2) is 4.39 Å². The lowest BCUT2D eigenvalue weighted by Crippen LogP contribution is -2.50. The third-order valence-corrected chi connectivity index (χ3v) is 5.00. The van der Waals surface area contributed by atoms with E-state index in [1.54, 1.807) is 25.1 Å². The lowest BCUT2D eigenvalue weighted by atomic mass is 10.1. The number of hydrogen-bond donors (Lipinski definition) is 1.